The van der Waals surface area contributed by atoms with Gasteiger partial charge in [-0.2, -0.15) is 0 Å². The molecule has 0 aliphatic carbocycles. The summed E-state index contributed by atoms with van der Waals surface area (Å²) in [6.45, 7) is 5.01. The average Bonchev–Trinajstić information content (AvgIpc) is 3.87. The van der Waals surface area contributed by atoms with Gasteiger partial charge in [0.25, 0.3) is 11.8 Å². The second-order valence-electron chi connectivity index (χ2n) is 16.3. The van der Waals surface area contributed by atoms with E-state index in [9.17, 15) is 24.0 Å². The van der Waals surface area contributed by atoms with Crippen molar-refractivity contribution in [3.8, 4) is 22.6 Å². The highest BCUT2D eigenvalue weighted by atomic mass is 16.7. The first-order valence-corrected chi connectivity index (χ1v) is 22.1. The highest BCUT2D eigenvalue weighted by Crippen LogP contribution is 2.42. The summed E-state index contributed by atoms with van der Waals surface area (Å²) in [5.74, 6) is -0.510. The number of piperidine rings is 1. The number of amides is 4. The maximum absolute atomic E-state index is 14.3. The third-order valence-electron chi connectivity index (χ3n) is 11.8. The first-order chi connectivity index (χ1) is 31.5. The molecule has 2 N–H and O–H groups in total. The molecule has 17 heteroatoms. The van der Waals surface area contributed by atoms with Crippen molar-refractivity contribution in [1.29, 1.82) is 0 Å². The van der Waals surface area contributed by atoms with Crippen LogP contribution in [0.2, 0.25) is 0 Å². The lowest BCUT2D eigenvalue weighted by atomic mass is 10.00. The number of nitrogens with one attached hydrogen (secondary N) is 2. The van der Waals surface area contributed by atoms with Gasteiger partial charge in [-0.05, 0) is 93.7 Å². The molecule has 2 unspecified atom stereocenters. The van der Waals surface area contributed by atoms with Crippen molar-refractivity contribution in [3.05, 3.63) is 90.5 Å². The van der Waals surface area contributed by atoms with Gasteiger partial charge in [0.15, 0.2) is 24.0 Å². The second kappa shape index (κ2) is 21.4. The van der Waals surface area contributed by atoms with Gasteiger partial charge < -0.3 is 53.1 Å². The van der Waals surface area contributed by atoms with Gasteiger partial charge >= 0.3 is 12.1 Å². The number of carbonyl (C=O) groups excluding carboxylic acids is 5. The number of ether oxygens (including phenoxy) is 6. The molecule has 2 saturated heterocycles. The summed E-state index contributed by atoms with van der Waals surface area (Å²) in [6, 6.07) is 13.5. The van der Waals surface area contributed by atoms with Gasteiger partial charge in [0.2, 0.25) is 5.91 Å². The van der Waals surface area contributed by atoms with Gasteiger partial charge in [0.1, 0.15) is 18.0 Å². The van der Waals surface area contributed by atoms with Gasteiger partial charge in [-0.15, -0.1) is 0 Å². The van der Waals surface area contributed by atoms with Crippen LogP contribution in [0.1, 0.15) is 95.5 Å². The predicted octanol–water partition coefficient (Wildman–Crippen LogP) is 7.66. The summed E-state index contributed by atoms with van der Waals surface area (Å²) in [6.07, 6.45) is 9.88. The second-order valence-corrected chi connectivity index (χ2v) is 16.3. The van der Waals surface area contributed by atoms with E-state index in [-0.39, 0.29) is 42.9 Å². The van der Waals surface area contributed by atoms with Crippen molar-refractivity contribution < 1.29 is 52.4 Å². The summed E-state index contributed by atoms with van der Waals surface area (Å²) in [7, 11) is 6.34. The maximum atomic E-state index is 14.3. The molecule has 2 aromatic heterocycles. The van der Waals surface area contributed by atoms with Crippen LogP contribution in [-0.2, 0) is 37.8 Å². The van der Waals surface area contributed by atoms with Crippen LogP contribution in [-0.4, -0.2) is 103 Å². The molecule has 0 radical (unpaired) electrons. The van der Waals surface area contributed by atoms with Gasteiger partial charge in [0, 0.05) is 63.4 Å². The van der Waals surface area contributed by atoms with Gasteiger partial charge in [-0.1, -0.05) is 24.8 Å². The van der Waals surface area contributed by atoms with E-state index in [0.717, 1.165) is 36.8 Å². The minimum absolute atomic E-state index is 0.0308. The fourth-order valence-electron chi connectivity index (χ4n) is 8.49. The summed E-state index contributed by atoms with van der Waals surface area (Å²) in [4.78, 5) is 69.6. The Hall–Kier alpha value is -6.59. The molecule has 3 aliphatic heterocycles. The molecule has 4 amide bonds. The van der Waals surface area contributed by atoms with Gasteiger partial charge in [0.05, 0.1) is 43.8 Å². The van der Waals surface area contributed by atoms with Crippen molar-refractivity contribution in [1.82, 2.24) is 14.0 Å². The number of fused-ring (bicyclic) bond motifs is 2. The molecule has 2 fully saturated rings. The highest BCUT2D eigenvalue weighted by Gasteiger charge is 2.47. The fraction of sp³-hybridized carbons (Fsp3) is 0.438. The van der Waals surface area contributed by atoms with E-state index in [4.69, 9.17) is 28.4 Å². The van der Waals surface area contributed by atoms with E-state index in [1.54, 1.807) is 70.7 Å². The minimum Gasteiger partial charge on any atom is -0.493 e. The van der Waals surface area contributed by atoms with Crippen LogP contribution in [0.25, 0.3) is 11.1 Å². The zero-order chi connectivity index (χ0) is 46.0. The molecule has 7 rings (SSSR count). The molecule has 65 heavy (non-hydrogen) atoms. The van der Waals surface area contributed by atoms with Crippen LogP contribution < -0.4 is 25.0 Å². The smallest absolute Gasteiger partial charge is 0.416 e. The van der Waals surface area contributed by atoms with Crippen molar-refractivity contribution in [2.24, 2.45) is 14.1 Å². The maximum Gasteiger partial charge on any atom is 0.416 e. The average molecular weight is 895 g/mol. The van der Waals surface area contributed by atoms with Crippen LogP contribution in [0.5, 0.6) is 11.5 Å². The van der Waals surface area contributed by atoms with Crippen LogP contribution in [0.3, 0.4) is 0 Å². The molecular formula is C48H58N6O11. The third-order valence-corrected chi connectivity index (χ3v) is 11.8. The van der Waals surface area contributed by atoms with Crippen LogP contribution in [0, 0.1) is 0 Å². The number of hydrogen-bond acceptors (Lipinski definition) is 11. The molecule has 346 valence electrons. The largest absolute Gasteiger partial charge is 0.493 e. The van der Waals surface area contributed by atoms with Crippen molar-refractivity contribution >= 4 is 46.8 Å². The number of rotatable bonds is 17. The number of unbranched alkanes of at least 4 members (excludes halogenated alkanes) is 2. The zero-order valence-corrected chi connectivity index (χ0v) is 37.5. The zero-order valence-electron chi connectivity index (χ0n) is 37.5. The number of carbonyl (C=O) groups is 5. The van der Waals surface area contributed by atoms with Crippen molar-refractivity contribution in [2.45, 2.75) is 82.8 Å². The van der Waals surface area contributed by atoms with Crippen LogP contribution >= 0.6 is 0 Å². The number of nitrogens with zero attached hydrogens (tertiary/aromatic N) is 4. The molecule has 0 bridgehead atoms. The van der Waals surface area contributed by atoms with E-state index >= 15 is 0 Å². The number of esters is 1. The van der Waals surface area contributed by atoms with Gasteiger partial charge in [-0.25, -0.2) is 14.5 Å². The molecule has 5 heterocycles. The first kappa shape index (κ1) is 46.4. The van der Waals surface area contributed by atoms with Crippen molar-refractivity contribution in [2.75, 3.05) is 56.1 Å². The molecule has 3 atom stereocenters. The Kier molecular flexibility index (Phi) is 15.3. The standard InChI is InChI=1S/C48H58N6O11/c1-6-22-64-48(59)54-37-28-41(40(60-4)27-35(37)45(57)53-21-11-9-14-36(53)46(54)65-43-16-10-13-24-63-43)62-23-12-7-8-15-42(55)49-34-26-38(52(3)30-34)44(56)50-33-19-17-31(18-20-33)32-25-39(47(58)61-5)51(2)29-32/h6,17-20,25-30,36,43,46H,1,7-16,21-24H2,2-5H3,(H,49,55)(H,50,56)/t36-,43?,46?/m0/s1. The fourth-order valence-corrected chi connectivity index (χ4v) is 8.49. The number of aromatic nitrogens is 2. The van der Waals surface area contributed by atoms with E-state index in [1.807, 2.05) is 18.3 Å². The highest BCUT2D eigenvalue weighted by molar-refractivity contribution is 6.06. The summed E-state index contributed by atoms with van der Waals surface area (Å²) < 4.78 is 38.3. The Morgan fingerprint density at radius 2 is 1.63 bits per heavy atom. The molecule has 2 aromatic carbocycles. The van der Waals surface area contributed by atoms with E-state index in [1.165, 1.54) is 25.2 Å². The number of benzene rings is 2. The summed E-state index contributed by atoms with van der Waals surface area (Å²) >= 11 is 0. The number of hydrogen-bond donors (Lipinski definition) is 2. The SMILES string of the molecule is C=CCOC(=O)N1c2cc(OCCCCCC(=O)Nc3cc(C(=O)Nc4ccc(-c5cc(C(=O)OC)n(C)c5)cc4)n(C)c3)c(OC)cc2C(=O)N2CCCC[C@H]2C1OC1CCCCO1. The van der Waals surface area contributed by atoms with E-state index in [2.05, 4.69) is 17.2 Å². The Labute approximate surface area is 378 Å². The first-order valence-electron chi connectivity index (χ1n) is 22.1. The molecular weight excluding hydrogens is 837 g/mol. The number of anilines is 3. The van der Waals surface area contributed by atoms with Crippen LogP contribution in [0.15, 0.2) is 73.6 Å². The van der Waals surface area contributed by atoms with Gasteiger partial charge in [-0.3, -0.25) is 14.4 Å². The topological polar surface area (TPSA) is 181 Å². The Morgan fingerprint density at radius 1 is 0.846 bits per heavy atom. The minimum atomic E-state index is -0.871. The third kappa shape index (κ3) is 10.9. The monoisotopic (exact) mass is 894 g/mol. The Bertz CT molecular complexity index is 2370. The normalized spacial score (nSPS) is 18.2. The molecule has 0 spiro atoms. The number of aryl methyl sites for hydroxylation is 2. The molecule has 3 aliphatic rings. The lowest BCUT2D eigenvalue weighted by molar-refractivity contribution is -0.198. The Morgan fingerprint density at radius 3 is 2.37 bits per heavy atom. The predicted molar refractivity (Wildman–Crippen MR) is 242 cm³/mol. The summed E-state index contributed by atoms with van der Waals surface area (Å²) in [5, 5.41) is 5.79. The lowest BCUT2D eigenvalue weighted by Gasteiger charge is -2.42. The van der Waals surface area contributed by atoms with E-state index in [0.29, 0.717) is 85.2 Å². The van der Waals surface area contributed by atoms with Crippen LogP contribution in [0.4, 0.5) is 21.9 Å². The van der Waals surface area contributed by atoms with E-state index < -0.39 is 30.6 Å². The molecule has 4 aromatic rings. The van der Waals surface area contributed by atoms with Crippen molar-refractivity contribution in [3.63, 3.8) is 0 Å². The lowest BCUT2D eigenvalue weighted by Crippen LogP contribution is -2.57. The Balaban J connectivity index is 0.936. The molecule has 0 saturated carbocycles. The number of methoxy groups -OCH3 is 2. The quantitative estimate of drug-likeness (QED) is 0.0604. The molecule has 17 nitrogen and oxygen atoms in total. The summed E-state index contributed by atoms with van der Waals surface area (Å²) in [5.41, 5.74) is 4.14.